The molecule has 2 unspecified atom stereocenters. The monoisotopic (exact) mass is 327 g/mol. The van der Waals surface area contributed by atoms with Crippen molar-refractivity contribution in [3.8, 4) is 0 Å². The first-order valence-corrected chi connectivity index (χ1v) is 7.49. The smallest absolute Gasteiger partial charge is 0.123 e. The summed E-state index contributed by atoms with van der Waals surface area (Å²) in [7, 11) is 0. The van der Waals surface area contributed by atoms with E-state index in [0.29, 0.717) is 0 Å². The Morgan fingerprint density at radius 1 is 1.17 bits per heavy atom. The molecular weight excluding hydrogens is 313 g/mol. The molecule has 0 radical (unpaired) electrons. The van der Waals surface area contributed by atoms with Crippen molar-refractivity contribution in [2.24, 2.45) is 0 Å². The summed E-state index contributed by atoms with van der Waals surface area (Å²) < 4.78 is 14.0. The SMILES string of the molecule is CC(NC(C)c1cc(Br)cs1)c1ccc(F)cc1. The summed E-state index contributed by atoms with van der Waals surface area (Å²) in [6.07, 6.45) is 0. The molecule has 2 aromatic rings. The normalized spacial score (nSPS) is 14.4. The van der Waals surface area contributed by atoms with E-state index in [9.17, 15) is 4.39 Å². The van der Waals surface area contributed by atoms with Crippen LogP contribution in [0.15, 0.2) is 40.2 Å². The van der Waals surface area contributed by atoms with Gasteiger partial charge in [-0.05, 0) is 53.5 Å². The van der Waals surface area contributed by atoms with Gasteiger partial charge in [0.2, 0.25) is 0 Å². The van der Waals surface area contributed by atoms with Crippen LogP contribution in [0.1, 0.15) is 36.4 Å². The molecule has 1 nitrogen and oxygen atoms in total. The molecule has 0 saturated heterocycles. The molecule has 4 heteroatoms. The lowest BCUT2D eigenvalue weighted by molar-refractivity contribution is 0.499. The molecule has 0 amide bonds. The highest BCUT2D eigenvalue weighted by atomic mass is 79.9. The maximum absolute atomic E-state index is 12.9. The van der Waals surface area contributed by atoms with Crippen molar-refractivity contribution in [2.75, 3.05) is 0 Å². The zero-order valence-corrected chi connectivity index (χ0v) is 12.7. The van der Waals surface area contributed by atoms with Crippen LogP contribution >= 0.6 is 27.3 Å². The number of hydrogen-bond acceptors (Lipinski definition) is 2. The number of nitrogens with one attached hydrogen (secondary N) is 1. The molecule has 0 aliphatic heterocycles. The van der Waals surface area contributed by atoms with Crippen molar-refractivity contribution in [3.63, 3.8) is 0 Å². The Hall–Kier alpha value is -0.710. The van der Waals surface area contributed by atoms with Gasteiger partial charge in [-0.3, -0.25) is 0 Å². The molecule has 1 N–H and O–H groups in total. The number of halogens is 2. The molecule has 1 aromatic carbocycles. The van der Waals surface area contributed by atoms with Crippen LogP contribution in [0.25, 0.3) is 0 Å². The molecule has 2 rings (SSSR count). The minimum atomic E-state index is -0.193. The predicted molar refractivity (Wildman–Crippen MR) is 78.4 cm³/mol. The molecule has 0 fully saturated rings. The Bertz CT molecular complexity index is 509. The van der Waals surface area contributed by atoms with E-state index in [0.717, 1.165) is 10.0 Å². The van der Waals surface area contributed by atoms with Crippen LogP contribution in [-0.2, 0) is 0 Å². The highest BCUT2D eigenvalue weighted by Crippen LogP contribution is 2.27. The fourth-order valence-electron chi connectivity index (χ4n) is 1.86. The average Bonchev–Trinajstić information content (AvgIpc) is 2.76. The summed E-state index contributed by atoms with van der Waals surface area (Å²) in [6.45, 7) is 4.23. The maximum Gasteiger partial charge on any atom is 0.123 e. The lowest BCUT2D eigenvalue weighted by Gasteiger charge is -2.19. The van der Waals surface area contributed by atoms with Gasteiger partial charge in [0.25, 0.3) is 0 Å². The average molecular weight is 328 g/mol. The summed E-state index contributed by atoms with van der Waals surface area (Å²) in [5, 5.41) is 5.59. The molecule has 1 aromatic heterocycles. The summed E-state index contributed by atoms with van der Waals surface area (Å²) in [4.78, 5) is 1.29. The second-order valence-corrected chi connectivity index (χ2v) is 6.19. The number of thiophene rings is 1. The van der Waals surface area contributed by atoms with Gasteiger partial charge in [-0.25, -0.2) is 4.39 Å². The van der Waals surface area contributed by atoms with E-state index in [-0.39, 0.29) is 17.9 Å². The Labute approximate surface area is 119 Å². The van der Waals surface area contributed by atoms with Gasteiger partial charge in [-0.15, -0.1) is 11.3 Å². The maximum atomic E-state index is 12.9. The van der Waals surface area contributed by atoms with Gasteiger partial charge >= 0.3 is 0 Å². The van der Waals surface area contributed by atoms with Crippen molar-refractivity contribution in [1.29, 1.82) is 0 Å². The first-order valence-electron chi connectivity index (χ1n) is 5.81. The lowest BCUT2D eigenvalue weighted by Crippen LogP contribution is -2.21. The lowest BCUT2D eigenvalue weighted by atomic mass is 10.1. The van der Waals surface area contributed by atoms with Crippen molar-refractivity contribution in [1.82, 2.24) is 5.32 Å². The fraction of sp³-hybridized carbons (Fsp3) is 0.286. The first-order chi connectivity index (χ1) is 8.56. The van der Waals surface area contributed by atoms with Gasteiger partial charge in [-0.1, -0.05) is 12.1 Å². The van der Waals surface area contributed by atoms with E-state index in [4.69, 9.17) is 0 Å². The van der Waals surface area contributed by atoms with Gasteiger partial charge in [0.15, 0.2) is 0 Å². The standard InChI is InChI=1S/C14H15BrFNS/c1-9(11-3-5-13(16)6-4-11)17-10(2)14-7-12(15)8-18-14/h3-10,17H,1-2H3. The largest absolute Gasteiger partial charge is 0.303 e. The third-order valence-corrected chi connectivity index (χ3v) is 4.76. The molecule has 2 atom stereocenters. The third kappa shape index (κ3) is 3.40. The van der Waals surface area contributed by atoms with Crippen LogP contribution in [0.3, 0.4) is 0 Å². The number of hydrogen-bond donors (Lipinski definition) is 1. The summed E-state index contributed by atoms with van der Waals surface area (Å²) in [5.41, 5.74) is 1.10. The van der Waals surface area contributed by atoms with E-state index >= 15 is 0 Å². The van der Waals surface area contributed by atoms with Crippen LogP contribution in [0.4, 0.5) is 4.39 Å². The molecular formula is C14H15BrFNS. The molecule has 96 valence electrons. The Morgan fingerprint density at radius 3 is 2.39 bits per heavy atom. The van der Waals surface area contributed by atoms with E-state index in [1.54, 1.807) is 11.3 Å². The fourth-order valence-corrected chi connectivity index (χ4v) is 3.32. The third-order valence-electron chi connectivity index (χ3n) is 2.88. The van der Waals surface area contributed by atoms with E-state index < -0.39 is 0 Å². The van der Waals surface area contributed by atoms with Crippen LogP contribution in [0.2, 0.25) is 0 Å². The molecule has 0 saturated carbocycles. The predicted octanol–water partition coefficient (Wildman–Crippen LogP) is 5.06. The zero-order chi connectivity index (χ0) is 13.1. The second kappa shape index (κ2) is 5.95. The molecule has 1 heterocycles. The Morgan fingerprint density at radius 2 is 1.83 bits per heavy atom. The Kier molecular flexibility index (Phi) is 4.54. The van der Waals surface area contributed by atoms with Crippen LogP contribution < -0.4 is 5.32 Å². The van der Waals surface area contributed by atoms with Crippen LogP contribution in [0, 0.1) is 5.82 Å². The quantitative estimate of drug-likeness (QED) is 0.827. The molecule has 0 aliphatic carbocycles. The van der Waals surface area contributed by atoms with Gasteiger partial charge in [0.05, 0.1) is 0 Å². The minimum Gasteiger partial charge on any atom is -0.303 e. The topological polar surface area (TPSA) is 12.0 Å². The molecule has 18 heavy (non-hydrogen) atoms. The van der Waals surface area contributed by atoms with Crippen molar-refractivity contribution >= 4 is 27.3 Å². The number of benzene rings is 1. The highest BCUT2D eigenvalue weighted by Gasteiger charge is 2.12. The van der Waals surface area contributed by atoms with Gasteiger partial charge in [-0.2, -0.15) is 0 Å². The van der Waals surface area contributed by atoms with E-state index in [1.165, 1.54) is 17.0 Å². The first kappa shape index (κ1) is 13.7. The zero-order valence-electron chi connectivity index (χ0n) is 10.3. The molecule has 0 aliphatic rings. The van der Waals surface area contributed by atoms with Crippen molar-refractivity contribution in [2.45, 2.75) is 25.9 Å². The van der Waals surface area contributed by atoms with Gasteiger partial charge in [0, 0.05) is 26.8 Å². The molecule has 0 spiro atoms. The molecule has 0 bridgehead atoms. The van der Waals surface area contributed by atoms with Crippen molar-refractivity contribution in [3.05, 3.63) is 56.4 Å². The Balaban J connectivity index is 2.02. The van der Waals surface area contributed by atoms with Crippen LogP contribution in [0.5, 0.6) is 0 Å². The van der Waals surface area contributed by atoms with E-state index in [1.807, 2.05) is 12.1 Å². The van der Waals surface area contributed by atoms with E-state index in [2.05, 4.69) is 46.5 Å². The van der Waals surface area contributed by atoms with Crippen LogP contribution in [-0.4, -0.2) is 0 Å². The van der Waals surface area contributed by atoms with Gasteiger partial charge < -0.3 is 5.32 Å². The number of rotatable bonds is 4. The van der Waals surface area contributed by atoms with Crippen molar-refractivity contribution < 1.29 is 4.39 Å². The highest BCUT2D eigenvalue weighted by molar-refractivity contribution is 9.10. The van der Waals surface area contributed by atoms with Gasteiger partial charge in [0.1, 0.15) is 5.82 Å². The minimum absolute atomic E-state index is 0.193. The summed E-state index contributed by atoms with van der Waals surface area (Å²) in [5.74, 6) is -0.193. The summed E-state index contributed by atoms with van der Waals surface area (Å²) >= 11 is 5.19. The summed E-state index contributed by atoms with van der Waals surface area (Å²) in [6, 6.07) is 9.25. The second-order valence-electron chi connectivity index (χ2n) is 4.33.